The number of thioether (sulfide) groups is 1. The predicted molar refractivity (Wildman–Crippen MR) is 103 cm³/mol. The molecule has 5 heteroatoms. The number of carbonyl (C=O) groups is 1. The smallest absolute Gasteiger partial charge is 0.251 e. The molecule has 0 aromatic heterocycles. The van der Waals surface area contributed by atoms with Crippen molar-refractivity contribution >= 4 is 30.1 Å². The van der Waals surface area contributed by atoms with Crippen LogP contribution in [0.3, 0.4) is 0 Å². The Labute approximate surface area is 154 Å². The van der Waals surface area contributed by atoms with Crippen LogP contribution in [0.1, 0.15) is 28.8 Å². The fraction of sp³-hybridized carbons (Fsp3) is 0.316. The highest BCUT2D eigenvalue weighted by molar-refractivity contribution is 7.98. The van der Waals surface area contributed by atoms with E-state index in [1.165, 1.54) is 10.5 Å². The molecule has 2 aromatic carbocycles. The monoisotopic (exact) mass is 362 g/mol. The Morgan fingerprint density at radius 2 is 1.88 bits per heavy atom. The van der Waals surface area contributed by atoms with Crippen molar-refractivity contribution in [2.45, 2.75) is 29.5 Å². The van der Waals surface area contributed by atoms with E-state index in [-0.39, 0.29) is 24.4 Å². The average Bonchev–Trinajstić information content (AvgIpc) is 2.62. The highest BCUT2D eigenvalue weighted by atomic mass is 35.5. The number of nitrogens with one attached hydrogen (secondary N) is 2. The van der Waals surface area contributed by atoms with E-state index in [9.17, 15) is 4.79 Å². The summed E-state index contributed by atoms with van der Waals surface area (Å²) in [5.41, 5.74) is 1.97. The molecule has 0 spiro atoms. The van der Waals surface area contributed by atoms with Crippen LogP contribution in [0.4, 0.5) is 0 Å². The molecule has 2 N–H and O–H groups in total. The average molecular weight is 363 g/mol. The molecule has 1 heterocycles. The number of hydrogen-bond acceptors (Lipinski definition) is 3. The number of piperidine rings is 1. The SMILES string of the molecule is Cl.O=C(N[C@H]1CCCNC1)c1ccc(CSc2ccccc2)cc1. The first-order valence-electron chi connectivity index (χ1n) is 8.09. The summed E-state index contributed by atoms with van der Waals surface area (Å²) < 4.78 is 0. The second-order valence-electron chi connectivity index (χ2n) is 5.82. The summed E-state index contributed by atoms with van der Waals surface area (Å²) in [6, 6.07) is 18.6. The van der Waals surface area contributed by atoms with Gasteiger partial charge < -0.3 is 10.6 Å². The van der Waals surface area contributed by atoms with Crippen LogP contribution in [-0.4, -0.2) is 25.0 Å². The van der Waals surface area contributed by atoms with Crippen LogP contribution in [0.15, 0.2) is 59.5 Å². The number of carbonyl (C=O) groups excluding carboxylic acids is 1. The fourth-order valence-corrected chi connectivity index (χ4v) is 3.55. The molecule has 2 aromatic rings. The largest absolute Gasteiger partial charge is 0.348 e. The third kappa shape index (κ3) is 5.55. The normalized spacial score (nSPS) is 16.9. The van der Waals surface area contributed by atoms with Crippen molar-refractivity contribution in [1.82, 2.24) is 10.6 Å². The van der Waals surface area contributed by atoms with Gasteiger partial charge in [-0.05, 0) is 49.2 Å². The number of hydrogen-bond donors (Lipinski definition) is 2. The summed E-state index contributed by atoms with van der Waals surface area (Å²) in [4.78, 5) is 13.5. The lowest BCUT2D eigenvalue weighted by Crippen LogP contribution is -2.45. The van der Waals surface area contributed by atoms with E-state index in [4.69, 9.17) is 0 Å². The molecule has 0 bridgehead atoms. The van der Waals surface area contributed by atoms with Gasteiger partial charge in [0.25, 0.3) is 5.91 Å². The lowest BCUT2D eigenvalue weighted by Gasteiger charge is -2.23. The van der Waals surface area contributed by atoms with Gasteiger partial charge in [0.2, 0.25) is 0 Å². The van der Waals surface area contributed by atoms with Gasteiger partial charge >= 0.3 is 0 Å². The van der Waals surface area contributed by atoms with E-state index in [0.717, 1.165) is 37.2 Å². The molecule has 128 valence electrons. The van der Waals surface area contributed by atoms with Crippen LogP contribution in [0, 0.1) is 0 Å². The zero-order valence-electron chi connectivity index (χ0n) is 13.5. The molecule has 1 aliphatic rings. The van der Waals surface area contributed by atoms with Gasteiger partial charge in [-0.15, -0.1) is 24.2 Å². The summed E-state index contributed by atoms with van der Waals surface area (Å²) in [7, 11) is 0. The third-order valence-electron chi connectivity index (χ3n) is 4.00. The highest BCUT2D eigenvalue weighted by Gasteiger charge is 2.16. The van der Waals surface area contributed by atoms with Crippen molar-refractivity contribution in [2.24, 2.45) is 0 Å². The zero-order valence-corrected chi connectivity index (χ0v) is 15.2. The van der Waals surface area contributed by atoms with Gasteiger partial charge in [0.05, 0.1) is 0 Å². The summed E-state index contributed by atoms with van der Waals surface area (Å²) >= 11 is 1.81. The standard InChI is InChI=1S/C19H22N2OS.ClH/c22-19(21-17-5-4-12-20-13-17)16-10-8-15(9-11-16)14-23-18-6-2-1-3-7-18;/h1-3,6-11,17,20H,4-5,12-14H2,(H,21,22);1H/t17-;/m0./s1. The quantitative estimate of drug-likeness (QED) is 0.793. The minimum absolute atomic E-state index is 0. The van der Waals surface area contributed by atoms with E-state index in [1.807, 2.05) is 42.1 Å². The molecule has 0 unspecified atom stereocenters. The van der Waals surface area contributed by atoms with Crippen molar-refractivity contribution in [1.29, 1.82) is 0 Å². The maximum absolute atomic E-state index is 12.3. The molecule has 0 radical (unpaired) electrons. The third-order valence-corrected chi connectivity index (χ3v) is 5.08. The van der Waals surface area contributed by atoms with Crippen LogP contribution in [0.2, 0.25) is 0 Å². The van der Waals surface area contributed by atoms with Crippen LogP contribution < -0.4 is 10.6 Å². The summed E-state index contributed by atoms with van der Waals surface area (Å²) in [5, 5.41) is 6.42. The number of rotatable bonds is 5. The summed E-state index contributed by atoms with van der Waals surface area (Å²) in [6.45, 7) is 1.93. The second kappa shape index (κ2) is 9.72. The highest BCUT2D eigenvalue weighted by Crippen LogP contribution is 2.22. The second-order valence-corrected chi connectivity index (χ2v) is 6.86. The first-order chi connectivity index (χ1) is 11.3. The Morgan fingerprint density at radius 1 is 1.12 bits per heavy atom. The van der Waals surface area contributed by atoms with Crippen molar-refractivity contribution in [2.75, 3.05) is 13.1 Å². The number of halogens is 1. The van der Waals surface area contributed by atoms with Crippen molar-refractivity contribution in [3.8, 4) is 0 Å². The summed E-state index contributed by atoms with van der Waals surface area (Å²) in [5.74, 6) is 0.944. The van der Waals surface area contributed by atoms with Gasteiger partial charge in [-0.2, -0.15) is 0 Å². The van der Waals surface area contributed by atoms with Crippen molar-refractivity contribution < 1.29 is 4.79 Å². The molecule has 1 aliphatic heterocycles. The van der Waals surface area contributed by atoms with Gasteiger partial charge in [-0.3, -0.25) is 4.79 Å². The Kier molecular flexibility index (Phi) is 7.63. The maximum atomic E-state index is 12.3. The molecular formula is C19H23ClN2OS. The van der Waals surface area contributed by atoms with Gasteiger partial charge in [-0.1, -0.05) is 30.3 Å². The maximum Gasteiger partial charge on any atom is 0.251 e. The zero-order chi connectivity index (χ0) is 15.9. The van der Waals surface area contributed by atoms with E-state index in [2.05, 4.69) is 34.9 Å². The van der Waals surface area contributed by atoms with Crippen LogP contribution in [0.5, 0.6) is 0 Å². The predicted octanol–water partition coefficient (Wildman–Crippen LogP) is 3.88. The van der Waals surface area contributed by atoms with Gasteiger partial charge in [0.15, 0.2) is 0 Å². The first-order valence-corrected chi connectivity index (χ1v) is 9.08. The molecule has 0 aliphatic carbocycles. The molecule has 3 rings (SSSR count). The molecule has 1 saturated heterocycles. The van der Waals surface area contributed by atoms with Gasteiger partial charge in [0.1, 0.15) is 0 Å². The Balaban J connectivity index is 0.00000208. The van der Waals surface area contributed by atoms with E-state index < -0.39 is 0 Å². The lowest BCUT2D eigenvalue weighted by molar-refractivity contribution is 0.0930. The molecule has 1 amide bonds. The number of amides is 1. The van der Waals surface area contributed by atoms with Crippen LogP contribution in [0.25, 0.3) is 0 Å². The Hall–Kier alpha value is -1.49. The molecule has 1 atom stereocenters. The molecule has 0 saturated carbocycles. The topological polar surface area (TPSA) is 41.1 Å². The molecule has 1 fully saturated rings. The van der Waals surface area contributed by atoms with E-state index in [0.29, 0.717) is 0 Å². The van der Waals surface area contributed by atoms with Crippen molar-refractivity contribution in [3.05, 3.63) is 65.7 Å². The van der Waals surface area contributed by atoms with Crippen LogP contribution in [-0.2, 0) is 5.75 Å². The minimum Gasteiger partial charge on any atom is -0.348 e. The van der Waals surface area contributed by atoms with E-state index in [1.54, 1.807) is 0 Å². The van der Waals surface area contributed by atoms with E-state index >= 15 is 0 Å². The molecule has 24 heavy (non-hydrogen) atoms. The lowest BCUT2D eigenvalue weighted by atomic mass is 10.1. The first kappa shape index (κ1) is 18.8. The van der Waals surface area contributed by atoms with Gasteiger partial charge in [0, 0.05) is 28.8 Å². The molecule has 3 nitrogen and oxygen atoms in total. The minimum atomic E-state index is 0. The van der Waals surface area contributed by atoms with Crippen molar-refractivity contribution in [3.63, 3.8) is 0 Å². The Bertz CT molecular complexity index is 628. The fourth-order valence-electron chi connectivity index (χ4n) is 2.68. The van der Waals surface area contributed by atoms with Crippen LogP contribution >= 0.6 is 24.2 Å². The Morgan fingerprint density at radius 3 is 2.54 bits per heavy atom. The number of benzene rings is 2. The summed E-state index contributed by atoms with van der Waals surface area (Å²) in [6.07, 6.45) is 2.19. The van der Waals surface area contributed by atoms with Gasteiger partial charge in [-0.25, -0.2) is 0 Å². The molecular weight excluding hydrogens is 340 g/mol.